The van der Waals surface area contributed by atoms with Crippen LogP contribution >= 0.6 is 35.0 Å². The zero-order chi connectivity index (χ0) is 19.8. The third kappa shape index (κ3) is 4.15. The second kappa shape index (κ2) is 7.58. The Bertz CT molecular complexity index is 970. The highest BCUT2D eigenvalue weighted by atomic mass is 35.5. The van der Waals surface area contributed by atoms with Gasteiger partial charge < -0.3 is 10.1 Å². The molecule has 1 aliphatic rings. The van der Waals surface area contributed by atoms with E-state index in [0.29, 0.717) is 21.3 Å². The third-order valence-corrected chi connectivity index (χ3v) is 5.82. The predicted molar refractivity (Wildman–Crippen MR) is 111 cm³/mol. The highest BCUT2D eigenvalue weighted by molar-refractivity contribution is 8.01. The van der Waals surface area contributed by atoms with Gasteiger partial charge in [-0.3, -0.25) is 9.59 Å². The topological polar surface area (TPSA) is 55.4 Å². The molecule has 140 valence electrons. The summed E-state index contributed by atoms with van der Waals surface area (Å²) in [4.78, 5) is 25.3. The molecule has 0 radical (unpaired) electrons. The molecule has 1 aliphatic heterocycles. The van der Waals surface area contributed by atoms with E-state index in [1.807, 2.05) is 6.07 Å². The van der Waals surface area contributed by atoms with Gasteiger partial charge in [0.15, 0.2) is 0 Å². The Labute approximate surface area is 171 Å². The number of hydrogen-bond donors (Lipinski definition) is 1. The summed E-state index contributed by atoms with van der Waals surface area (Å²) in [5.74, 6) is -0.546. The second-order valence-electron chi connectivity index (χ2n) is 6.49. The van der Waals surface area contributed by atoms with Crippen LogP contribution in [0.1, 0.15) is 25.0 Å². The number of rotatable bonds is 4. The first-order valence-corrected chi connectivity index (χ1v) is 9.68. The fourth-order valence-corrected chi connectivity index (χ4v) is 4.19. The standard InChI is InChI=1S/C20H17Cl2NO3S/c1-20(2,19(25)26-3)27-17-7-5-12(21)8-11(17)9-15-14-6-4-13(22)10-16(14)23-18(15)24/h4-10H,1-3H3,(H,23,24)/b15-9+. The molecule has 0 spiro atoms. The lowest BCUT2D eigenvalue weighted by Crippen LogP contribution is -2.29. The predicted octanol–water partition coefficient (Wildman–Crippen LogP) is 5.53. The number of thioether (sulfide) groups is 1. The number of methoxy groups -OCH3 is 1. The van der Waals surface area contributed by atoms with Gasteiger partial charge in [0.2, 0.25) is 0 Å². The molecule has 4 nitrogen and oxygen atoms in total. The van der Waals surface area contributed by atoms with Gasteiger partial charge in [-0.15, -0.1) is 11.8 Å². The minimum Gasteiger partial charge on any atom is -0.468 e. The van der Waals surface area contributed by atoms with Crippen molar-refractivity contribution < 1.29 is 14.3 Å². The molecule has 0 bridgehead atoms. The zero-order valence-corrected chi connectivity index (χ0v) is 17.3. The van der Waals surface area contributed by atoms with E-state index in [0.717, 1.165) is 16.0 Å². The Hall–Kier alpha value is -1.95. The lowest BCUT2D eigenvalue weighted by atomic mass is 10.0. The number of carbonyl (C=O) groups is 2. The van der Waals surface area contributed by atoms with Crippen LogP contribution < -0.4 is 5.32 Å². The normalized spacial score (nSPS) is 14.9. The van der Waals surface area contributed by atoms with Crippen LogP contribution in [-0.2, 0) is 14.3 Å². The van der Waals surface area contributed by atoms with Crippen molar-refractivity contribution in [3.8, 4) is 0 Å². The number of halogens is 2. The molecular formula is C20H17Cl2NO3S. The Morgan fingerprint density at radius 3 is 2.52 bits per heavy atom. The lowest BCUT2D eigenvalue weighted by Gasteiger charge is -2.22. The molecule has 0 saturated carbocycles. The number of amides is 1. The van der Waals surface area contributed by atoms with Gasteiger partial charge in [-0.25, -0.2) is 0 Å². The van der Waals surface area contributed by atoms with Crippen molar-refractivity contribution in [3.05, 3.63) is 57.6 Å². The first-order chi connectivity index (χ1) is 12.7. The Morgan fingerprint density at radius 2 is 1.81 bits per heavy atom. The van der Waals surface area contributed by atoms with Gasteiger partial charge in [-0.2, -0.15) is 0 Å². The molecular weight excluding hydrogens is 405 g/mol. The van der Waals surface area contributed by atoms with Crippen molar-refractivity contribution in [2.45, 2.75) is 23.5 Å². The molecule has 0 unspecified atom stereocenters. The summed E-state index contributed by atoms with van der Waals surface area (Å²) in [5.41, 5.74) is 2.71. The Kier molecular flexibility index (Phi) is 5.56. The van der Waals surface area contributed by atoms with Gasteiger partial charge in [-0.1, -0.05) is 29.3 Å². The summed E-state index contributed by atoms with van der Waals surface area (Å²) >= 11 is 13.5. The number of esters is 1. The number of nitrogens with one attached hydrogen (secondary N) is 1. The molecule has 2 aromatic carbocycles. The first kappa shape index (κ1) is 19.8. The average molecular weight is 422 g/mol. The number of anilines is 1. The van der Waals surface area contributed by atoms with E-state index in [-0.39, 0.29) is 11.9 Å². The molecule has 2 aromatic rings. The van der Waals surface area contributed by atoms with Crippen molar-refractivity contribution in [1.29, 1.82) is 0 Å². The SMILES string of the molecule is COC(=O)C(C)(C)Sc1ccc(Cl)cc1/C=C1/C(=O)Nc2cc(Cl)ccc21. The summed E-state index contributed by atoms with van der Waals surface area (Å²) in [6.07, 6.45) is 1.77. The molecule has 0 fully saturated rings. The van der Waals surface area contributed by atoms with Crippen LogP contribution in [0.5, 0.6) is 0 Å². The summed E-state index contributed by atoms with van der Waals surface area (Å²) < 4.78 is 4.09. The number of fused-ring (bicyclic) bond motifs is 1. The summed E-state index contributed by atoms with van der Waals surface area (Å²) in [6, 6.07) is 10.6. The first-order valence-electron chi connectivity index (χ1n) is 8.11. The molecule has 1 amide bonds. The van der Waals surface area contributed by atoms with Crippen LogP contribution in [0.25, 0.3) is 11.6 Å². The van der Waals surface area contributed by atoms with Gasteiger partial charge >= 0.3 is 5.97 Å². The highest BCUT2D eigenvalue weighted by Crippen LogP contribution is 2.40. The minimum absolute atomic E-state index is 0.213. The van der Waals surface area contributed by atoms with E-state index in [2.05, 4.69) is 5.32 Å². The van der Waals surface area contributed by atoms with Crippen LogP contribution in [0.15, 0.2) is 41.3 Å². The second-order valence-corrected chi connectivity index (χ2v) is 9.03. The smallest absolute Gasteiger partial charge is 0.321 e. The van der Waals surface area contributed by atoms with Gasteiger partial charge in [0.05, 0.1) is 12.8 Å². The maximum absolute atomic E-state index is 12.4. The highest BCUT2D eigenvalue weighted by Gasteiger charge is 2.31. The minimum atomic E-state index is -0.792. The third-order valence-electron chi connectivity index (χ3n) is 4.08. The summed E-state index contributed by atoms with van der Waals surface area (Å²) in [7, 11) is 1.36. The zero-order valence-electron chi connectivity index (χ0n) is 14.9. The van der Waals surface area contributed by atoms with Crippen molar-refractivity contribution in [2.24, 2.45) is 0 Å². The van der Waals surface area contributed by atoms with E-state index >= 15 is 0 Å². The van der Waals surface area contributed by atoms with Crippen LogP contribution in [0.3, 0.4) is 0 Å². The van der Waals surface area contributed by atoms with Gasteiger partial charge in [0.25, 0.3) is 5.91 Å². The molecule has 3 rings (SSSR count). The maximum atomic E-state index is 12.4. The number of hydrogen-bond acceptors (Lipinski definition) is 4. The molecule has 0 aliphatic carbocycles. The lowest BCUT2D eigenvalue weighted by molar-refractivity contribution is -0.142. The van der Waals surface area contributed by atoms with Crippen molar-refractivity contribution in [1.82, 2.24) is 0 Å². The fourth-order valence-electron chi connectivity index (χ4n) is 2.75. The largest absolute Gasteiger partial charge is 0.468 e. The van der Waals surface area contributed by atoms with Gasteiger partial charge in [0.1, 0.15) is 4.75 Å². The van der Waals surface area contributed by atoms with Crippen LogP contribution in [-0.4, -0.2) is 23.7 Å². The molecule has 0 aromatic heterocycles. The van der Waals surface area contributed by atoms with Crippen molar-refractivity contribution >= 4 is 64.2 Å². The fraction of sp³-hybridized carbons (Fsp3) is 0.200. The molecule has 0 saturated heterocycles. The van der Waals surface area contributed by atoms with Crippen molar-refractivity contribution in [3.63, 3.8) is 0 Å². The van der Waals surface area contributed by atoms with Gasteiger partial charge in [-0.05, 0) is 55.8 Å². The van der Waals surface area contributed by atoms with E-state index in [4.69, 9.17) is 27.9 Å². The quantitative estimate of drug-likeness (QED) is 0.400. The van der Waals surface area contributed by atoms with E-state index in [1.165, 1.54) is 18.9 Å². The summed E-state index contributed by atoms with van der Waals surface area (Å²) in [6.45, 7) is 3.57. The van der Waals surface area contributed by atoms with E-state index in [1.54, 1.807) is 50.3 Å². The monoisotopic (exact) mass is 421 g/mol. The maximum Gasteiger partial charge on any atom is 0.321 e. The molecule has 27 heavy (non-hydrogen) atoms. The van der Waals surface area contributed by atoms with Gasteiger partial charge in [0, 0.05) is 26.1 Å². The van der Waals surface area contributed by atoms with Crippen molar-refractivity contribution in [2.75, 3.05) is 12.4 Å². The van der Waals surface area contributed by atoms with Crippen LogP contribution in [0.4, 0.5) is 5.69 Å². The molecule has 1 N–H and O–H groups in total. The van der Waals surface area contributed by atoms with Crippen LogP contribution in [0.2, 0.25) is 10.0 Å². The molecule has 0 atom stereocenters. The molecule has 1 heterocycles. The number of ether oxygens (including phenoxy) is 1. The Morgan fingerprint density at radius 1 is 1.15 bits per heavy atom. The Balaban J connectivity index is 2.06. The average Bonchev–Trinajstić information content (AvgIpc) is 2.91. The number of carbonyl (C=O) groups excluding carboxylic acids is 2. The number of benzene rings is 2. The van der Waals surface area contributed by atoms with E-state index in [9.17, 15) is 9.59 Å². The van der Waals surface area contributed by atoms with Crippen LogP contribution in [0, 0.1) is 0 Å². The molecule has 7 heteroatoms. The van der Waals surface area contributed by atoms with E-state index < -0.39 is 4.75 Å². The summed E-state index contributed by atoms with van der Waals surface area (Å²) in [5, 5.41) is 3.90.